The molecule has 3 aliphatic carbocycles. The molecule has 2 saturated carbocycles. The molecular formula is C44H53NO14. The van der Waals surface area contributed by atoms with Gasteiger partial charge < -0.3 is 44.4 Å². The van der Waals surface area contributed by atoms with Gasteiger partial charge in [0.05, 0.1) is 41.6 Å². The Kier molecular flexibility index (Phi) is 11.8. The third-order valence-corrected chi connectivity index (χ3v) is 12.9. The summed E-state index contributed by atoms with van der Waals surface area (Å²) in [6.07, 6.45) is -10.00. The van der Waals surface area contributed by atoms with E-state index < -0.39 is 119 Å². The molecule has 1 aliphatic heterocycles. The van der Waals surface area contributed by atoms with Crippen molar-refractivity contribution in [2.24, 2.45) is 28.4 Å². The fourth-order valence-corrected chi connectivity index (χ4v) is 9.60. The first-order chi connectivity index (χ1) is 27.6. The third kappa shape index (κ3) is 7.25. The van der Waals surface area contributed by atoms with Gasteiger partial charge in [0.25, 0.3) is 0 Å². The van der Waals surface area contributed by atoms with Gasteiger partial charge in [-0.25, -0.2) is 9.59 Å². The average molecular weight is 820 g/mol. The standard InChI is InChI=1S/C44H53NO14/c1-22(2)38(50)57-34(32(45)26-15-11-9-12-16-26)40(52)56-28-20-44(53)37(58-39(51)27-17-13-10-14-18-27)35-42(8,29(48)19-30-43(35,21-54-30)59-25(5)47)36(49)33(55-24(4)46)31(23(28)3)41(44,6)7/h9-18,22,28-30,32-35,37,48,53H,19-21,45H2,1-8H3/t28-,29-,30+,32-,33+,34+,35?,37?,42+,43-,44+/m0/s1. The number of nitrogens with two attached hydrogens (primary N) is 1. The molecule has 0 radical (unpaired) electrons. The third-order valence-electron chi connectivity index (χ3n) is 12.9. The Morgan fingerprint density at radius 3 is 2.03 bits per heavy atom. The predicted molar refractivity (Wildman–Crippen MR) is 207 cm³/mol. The van der Waals surface area contributed by atoms with E-state index in [0.29, 0.717) is 5.56 Å². The summed E-state index contributed by atoms with van der Waals surface area (Å²) in [5.41, 5.74) is -0.461. The molecule has 318 valence electrons. The van der Waals surface area contributed by atoms with Crippen molar-refractivity contribution < 1.29 is 67.4 Å². The van der Waals surface area contributed by atoms with E-state index in [2.05, 4.69) is 0 Å². The van der Waals surface area contributed by atoms with E-state index in [4.69, 9.17) is 34.2 Å². The van der Waals surface area contributed by atoms with Crippen molar-refractivity contribution in [1.82, 2.24) is 0 Å². The molecule has 1 saturated heterocycles. The van der Waals surface area contributed by atoms with Gasteiger partial charge >= 0.3 is 29.8 Å². The Morgan fingerprint density at radius 1 is 0.881 bits per heavy atom. The number of ether oxygens (including phenoxy) is 6. The van der Waals surface area contributed by atoms with Crippen LogP contribution in [0.5, 0.6) is 0 Å². The molecule has 2 aromatic carbocycles. The number of benzene rings is 2. The van der Waals surface area contributed by atoms with Gasteiger partial charge in [0.15, 0.2) is 17.5 Å². The Bertz CT molecular complexity index is 2030. The summed E-state index contributed by atoms with van der Waals surface area (Å²) in [4.78, 5) is 83.0. The van der Waals surface area contributed by atoms with Crippen LogP contribution in [0.3, 0.4) is 0 Å². The van der Waals surface area contributed by atoms with E-state index in [1.54, 1.807) is 83.1 Å². The maximum absolute atomic E-state index is 15.5. The number of carbonyl (C=O) groups is 6. The minimum Gasteiger partial charge on any atom is -0.455 e. The van der Waals surface area contributed by atoms with Gasteiger partial charge in [-0.2, -0.15) is 0 Å². The summed E-state index contributed by atoms with van der Waals surface area (Å²) in [6, 6.07) is 15.1. The molecule has 4 N–H and O–H groups in total. The number of rotatable bonds is 10. The number of esters is 5. The molecule has 15 nitrogen and oxygen atoms in total. The molecule has 1 heterocycles. The number of aliphatic hydroxyl groups is 2. The highest BCUT2D eigenvalue weighted by atomic mass is 16.6. The number of ketones is 1. The summed E-state index contributed by atoms with van der Waals surface area (Å²) >= 11 is 0. The van der Waals surface area contributed by atoms with Crippen molar-refractivity contribution in [3.63, 3.8) is 0 Å². The van der Waals surface area contributed by atoms with Crippen molar-refractivity contribution in [3.8, 4) is 0 Å². The summed E-state index contributed by atoms with van der Waals surface area (Å²) in [5, 5.41) is 25.7. The van der Waals surface area contributed by atoms with Crippen LogP contribution in [0.2, 0.25) is 0 Å². The fourth-order valence-electron chi connectivity index (χ4n) is 9.60. The lowest BCUT2D eigenvalue weighted by Gasteiger charge is -2.67. The Hall–Kier alpha value is -4.96. The zero-order valence-corrected chi connectivity index (χ0v) is 34.5. The molecule has 0 aromatic heterocycles. The Balaban J connectivity index is 1.58. The number of fused-ring (bicyclic) bond motifs is 5. The van der Waals surface area contributed by atoms with Crippen LogP contribution in [0.25, 0.3) is 0 Å². The number of aliphatic hydroxyl groups excluding tert-OH is 1. The van der Waals surface area contributed by atoms with E-state index in [1.807, 2.05) is 0 Å². The van der Waals surface area contributed by atoms with Crippen molar-refractivity contribution >= 4 is 35.6 Å². The summed E-state index contributed by atoms with van der Waals surface area (Å²) in [7, 11) is 0. The highest BCUT2D eigenvalue weighted by molar-refractivity contribution is 5.95. The molecule has 4 aliphatic rings. The molecular weight excluding hydrogens is 766 g/mol. The summed E-state index contributed by atoms with van der Waals surface area (Å²) in [5.74, 6) is -7.43. The second kappa shape index (κ2) is 15.9. The van der Waals surface area contributed by atoms with Crippen LogP contribution in [0.15, 0.2) is 71.8 Å². The minimum absolute atomic E-state index is 0.0217. The zero-order valence-electron chi connectivity index (χ0n) is 34.5. The van der Waals surface area contributed by atoms with Gasteiger partial charge in [0.2, 0.25) is 6.10 Å². The largest absolute Gasteiger partial charge is 0.455 e. The average Bonchev–Trinajstić information content (AvgIpc) is 3.18. The lowest BCUT2D eigenvalue weighted by molar-refractivity contribution is -0.346. The molecule has 3 fully saturated rings. The highest BCUT2D eigenvalue weighted by Crippen LogP contribution is 2.64. The molecule has 11 atom stereocenters. The van der Waals surface area contributed by atoms with Gasteiger partial charge in [-0.1, -0.05) is 76.2 Å². The normalized spacial score (nSPS) is 33.1. The first-order valence-corrected chi connectivity index (χ1v) is 19.7. The fraction of sp³-hybridized carbons (Fsp3) is 0.545. The van der Waals surface area contributed by atoms with Crippen molar-refractivity contribution in [2.45, 2.75) is 122 Å². The number of hydrogen-bond acceptors (Lipinski definition) is 15. The SMILES string of the molecule is CC(=O)O[C@H]1C(=O)[C@@]2(C)C(C(OC(=O)c3ccccc3)[C@]3(O)C[C@H](OC(=O)[C@H](OC(=O)C(C)C)[C@@H](N)c4ccccc4)C(C)=C1C3(C)C)[C@]1(OC(C)=O)CO[C@@H]1C[C@@H]2O. The summed E-state index contributed by atoms with van der Waals surface area (Å²) < 4.78 is 36.0. The molecule has 2 bridgehead atoms. The van der Waals surface area contributed by atoms with E-state index in [-0.39, 0.29) is 29.7 Å². The topological polar surface area (TPSA) is 224 Å². The first kappa shape index (κ1) is 43.6. The van der Waals surface area contributed by atoms with Crippen LogP contribution in [-0.2, 0) is 52.4 Å². The van der Waals surface area contributed by atoms with Crippen LogP contribution in [-0.4, -0.2) is 100 Å². The van der Waals surface area contributed by atoms with Crippen molar-refractivity contribution in [1.29, 1.82) is 0 Å². The van der Waals surface area contributed by atoms with Crippen LogP contribution in [0.1, 0.15) is 90.2 Å². The smallest absolute Gasteiger partial charge is 0.350 e. The lowest BCUT2D eigenvalue weighted by Crippen LogP contribution is -2.82. The molecule has 0 spiro atoms. The Morgan fingerprint density at radius 2 is 1.49 bits per heavy atom. The number of hydrogen-bond donors (Lipinski definition) is 3. The molecule has 59 heavy (non-hydrogen) atoms. The van der Waals surface area contributed by atoms with Gasteiger partial charge in [-0.3, -0.25) is 19.2 Å². The maximum Gasteiger partial charge on any atom is 0.350 e. The molecule has 0 amide bonds. The quantitative estimate of drug-likeness (QED) is 0.177. The van der Waals surface area contributed by atoms with Crippen LogP contribution in [0, 0.1) is 22.7 Å². The molecule has 15 heteroatoms. The van der Waals surface area contributed by atoms with Crippen LogP contribution >= 0.6 is 0 Å². The second-order valence-corrected chi connectivity index (χ2v) is 17.1. The number of Topliss-reactive ketones (excluding diaryl/α,β-unsaturated/α-hetero) is 1. The van der Waals surface area contributed by atoms with E-state index in [0.717, 1.165) is 13.8 Å². The predicted octanol–water partition coefficient (Wildman–Crippen LogP) is 3.47. The zero-order chi connectivity index (χ0) is 43.4. The van der Waals surface area contributed by atoms with E-state index >= 15 is 4.79 Å². The molecule has 2 aromatic rings. The van der Waals surface area contributed by atoms with Crippen LogP contribution < -0.4 is 5.73 Å². The van der Waals surface area contributed by atoms with E-state index in [1.165, 1.54) is 19.1 Å². The van der Waals surface area contributed by atoms with Gasteiger partial charge in [-0.15, -0.1) is 0 Å². The molecule has 2 unspecified atom stereocenters. The van der Waals surface area contributed by atoms with Gasteiger partial charge in [0.1, 0.15) is 23.9 Å². The lowest BCUT2D eigenvalue weighted by atomic mass is 9.44. The van der Waals surface area contributed by atoms with Gasteiger partial charge in [0, 0.05) is 32.1 Å². The van der Waals surface area contributed by atoms with Crippen LogP contribution in [0.4, 0.5) is 0 Å². The number of carbonyl (C=O) groups excluding carboxylic acids is 6. The highest BCUT2D eigenvalue weighted by Gasteiger charge is 2.78. The van der Waals surface area contributed by atoms with E-state index in [9.17, 15) is 34.2 Å². The summed E-state index contributed by atoms with van der Waals surface area (Å²) in [6.45, 7) is 11.2. The maximum atomic E-state index is 15.5. The Labute approximate surface area is 342 Å². The van der Waals surface area contributed by atoms with Crippen molar-refractivity contribution in [3.05, 3.63) is 82.9 Å². The molecule has 6 rings (SSSR count). The second-order valence-electron chi connectivity index (χ2n) is 17.1. The van der Waals surface area contributed by atoms with Gasteiger partial charge in [-0.05, 0) is 42.7 Å². The monoisotopic (exact) mass is 819 g/mol. The van der Waals surface area contributed by atoms with Crippen molar-refractivity contribution in [2.75, 3.05) is 6.61 Å². The first-order valence-electron chi connectivity index (χ1n) is 19.7. The minimum atomic E-state index is -2.36.